The maximum absolute atomic E-state index is 12.8. The lowest BCUT2D eigenvalue weighted by Crippen LogP contribution is -2.10. The van der Waals surface area contributed by atoms with Gasteiger partial charge in [-0.3, -0.25) is 4.57 Å². The molecule has 0 aliphatic heterocycles. The number of hydrogen-bond acceptors (Lipinski definition) is 7. The summed E-state index contributed by atoms with van der Waals surface area (Å²) in [5.74, 6) is -1.17. The van der Waals surface area contributed by atoms with Crippen molar-refractivity contribution in [3.05, 3.63) is 51.1 Å². The van der Waals surface area contributed by atoms with Crippen LogP contribution in [0.5, 0.6) is 0 Å². The van der Waals surface area contributed by atoms with E-state index in [1.165, 1.54) is 11.7 Å². The number of methoxy groups -OCH3 is 1. The number of aromatic nitrogens is 2. The van der Waals surface area contributed by atoms with Gasteiger partial charge in [-0.15, -0.1) is 0 Å². The van der Waals surface area contributed by atoms with Crippen LogP contribution >= 0.6 is 23.2 Å². The summed E-state index contributed by atoms with van der Waals surface area (Å²) in [4.78, 5) is 29.4. The number of rotatable bonds is 7. The second-order valence-corrected chi connectivity index (χ2v) is 7.23. The second kappa shape index (κ2) is 10.0. The number of carbonyl (C=O) groups excluding carboxylic acids is 2. The summed E-state index contributed by atoms with van der Waals surface area (Å²) < 4.78 is 16.9. The van der Waals surface area contributed by atoms with E-state index in [1.54, 1.807) is 38.1 Å². The van der Waals surface area contributed by atoms with Crippen LogP contribution in [0, 0.1) is 11.3 Å². The zero-order valence-electron chi connectivity index (χ0n) is 17.6. The van der Waals surface area contributed by atoms with Crippen LogP contribution in [0.15, 0.2) is 24.3 Å². The largest absolute Gasteiger partial charge is 0.462 e. The molecule has 0 unspecified atom stereocenters. The number of nitriles is 1. The van der Waals surface area contributed by atoms with Gasteiger partial charge in [0.25, 0.3) is 0 Å². The van der Waals surface area contributed by atoms with Crippen molar-refractivity contribution in [1.29, 1.82) is 5.26 Å². The Kier molecular flexibility index (Phi) is 7.36. The molecule has 0 saturated carbocycles. The SMILES string of the molecule is CCOC(=O)c1ccc(-c2nc3c(c(Cl)c2C(=O)OCC)c(C#N)c(Cl)n3COC)cc1. The minimum atomic E-state index is -0.698. The minimum Gasteiger partial charge on any atom is -0.462 e. The molecule has 3 rings (SSSR count). The minimum absolute atomic E-state index is 0.00682. The van der Waals surface area contributed by atoms with Crippen LogP contribution in [0.2, 0.25) is 10.2 Å². The third-order valence-corrected chi connectivity index (χ3v) is 5.36. The first-order valence-electron chi connectivity index (χ1n) is 9.64. The summed E-state index contributed by atoms with van der Waals surface area (Å²) >= 11 is 13.0. The Bertz CT molecular complexity index is 1230. The van der Waals surface area contributed by atoms with E-state index in [9.17, 15) is 14.9 Å². The van der Waals surface area contributed by atoms with E-state index in [1.807, 2.05) is 6.07 Å². The molecule has 0 spiro atoms. The summed E-state index contributed by atoms with van der Waals surface area (Å²) in [6.45, 7) is 3.76. The van der Waals surface area contributed by atoms with Crippen LogP contribution < -0.4 is 0 Å². The summed E-state index contributed by atoms with van der Waals surface area (Å²) in [5, 5.41) is 9.94. The Hall–Kier alpha value is -3.12. The molecule has 10 heteroatoms. The molecule has 0 radical (unpaired) electrons. The highest BCUT2D eigenvalue weighted by molar-refractivity contribution is 6.41. The number of fused-ring (bicyclic) bond motifs is 1. The Labute approximate surface area is 194 Å². The fourth-order valence-corrected chi connectivity index (χ4v) is 3.83. The van der Waals surface area contributed by atoms with Gasteiger partial charge in [-0.2, -0.15) is 5.26 Å². The van der Waals surface area contributed by atoms with Crippen molar-refractivity contribution in [1.82, 2.24) is 9.55 Å². The molecule has 8 nitrogen and oxygen atoms in total. The molecule has 2 heterocycles. The topological polar surface area (TPSA) is 103 Å². The first-order valence-corrected chi connectivity index (χ1v) is 10.4. The van der Waals surface area contributed by atoms with Crippen molar-refractivity contribution in [2.24, 2.45) is 0 Å². The molecule has 0 amide bonds. The maximum atomic E-state index is 12.8. The molecule has 0 aliphatic carbocycles. The van der Waals surface area contributed by atoms with Crippen LogP contribution in [0.1, 0.15) is 40.1 Å². The summed E-state index contributed by atoms with van der Waals surface area (Å²) in [6, 6.07) is 8.37. The number of benzene rings is 1. The van der Waals surface area contributed by atoms with Gasteiger partial charge in [-0.25, -0.2) is 14.6 Å². The van der Waals surface area contributed by atoms with Gasteiger partial charge >= 0.3 is 11.9 Å². The smallest absolute Gasteiger partial charge is 0.341 e. The molecule has 0 atom stereocenters. The van der Waals surface area contributed by atoms with E-state index in [0.29, 0.717) is 11.1 Å². The van der Waals surface area contributed by atoms with Crippen LogP contribution in [0.25, 0.3) is 22.3 Å². The third kappa shape index (κ3) is 4.15. The van der Waals surface area contributed by atoms with Gasteiger partial charge in [0.05, 0.1) is 34.9 Å². The average molecular weight is 476 g/mol. The van der Waals surface area contributed by atoms with Crippen LogP contribution in [-0.4, -0.2) is 41.8 Å². The third-order valence-electron chi connectivity index (χ3n) is 4.59. The van der Waals surface area contributed by atoms with Gasteiger partial charge in [-0.1, -0.05) is 35.3 Å². The molecule has 1 aromatic carbocycles. The van der Waals surface area contributed by atoms with Gasteiger partial charge in [0, 0.05) is 12.7 Å². The molecule has 32 heavy (non-hydrogen) atoms. The van der Waals surface area contributed by atoms with Crippen LogP contribution in [0.3, 0.4) is 0 Å². The van der Waals surface area contributed by atoms with Crippen molar-refractivity contribution < 1.29 is 23.8 Å². The molecule has 166 valence electrons. The number of halogens is 2. The van der Waals surface area contributed by atoms with E-state index in [-0.39, 0.29) is 58.0 Å². The van der Waals surface area contributed by atoms with Gasteiger partial charge in [-0.05, 0) is 26.0 Å². The van der Waals surface area contributed by atoms with Gasteiger partial charge in [0.15, 0.2) is 0 Å². The second-order valence-electron chi connectivity index (χ2n) is 6.49. The van der Waals surface area contributed by atoms with E-state index < -0.39 is 11.9 Å². The standard InChI is InChI=1S/C22H19Cl2N3O5/c1-4-31-21(28)13-8-6-12(7-9-13)18-16(22(29)32-5-2)17(23)15-14(10-25)19(24)27(11-30-3)20(15)26-18/h6-9H,4-5,11H2,1-3H3. The number of hydrogen-bond donors (Lipinski definition) is 0. The van der Waals surface area contributed by atoms with Crippen molar-refractivity contribution in [3.8, 4) is 17.3 Å². The zero-order chi connectivity index (χ0) is 23.4. The lowest BCUT2D eigenvalue weighted by molar-refractivity contribution is 0.0516. The summed E-state index contributed by atoms with van der Waals surface area (Å²) in [5.41, 5.74) is 1.41. The fraction of sp³-hybridized carbons (Fsp3) is 0.273. The molecular weight excluding hydrogens is 457 g/mol. The highest BCUT2D eigenvalue weighted by atomic mass is 35.5. The number of esters is 2. The molecule has 0 fully saturated rings. The van der Waals surface area contributed by atoms with Crippen molar-refractivity contribution in [2.75, 3.05) is 20.3 Å². The van der Waals surface area contributed by atoms with Crippen molar-refractivity contribution >= 4 is 46.2 Å². The van der Waals surface area contributed by atoms with E-state index in [2.05, 4.69) is 4.98 Å². The molecule has 0 aliphatic rings. The Morgan fingerprint density at radius 1 is 1.09 bits per heavy atom. The average Bonchev–Trinajstić information content (AvgIpc) is 3.05. The number of nitrogens with zero attached hydrogens (tertiary/aromatic N) is 3. The molecular formula is C22H19Cl2N3O5. The normalized spacial score (nSPS) is 10.8. The molecule has 2 aromatic heterocycles. The van der Waals surface area contributed by atoms with E-state index in [4.69, 9.17) is 37.4 Å². The van der Waals surface area contributed by atoms with Crippen LogP contribution in [-0.2, 0) is 20.9 Å². The Morgan fingerprint density at radius 3 is 2.28 bits per heavy atom. The quantitative estimate of drug-likeness (QED) is 0.450. The Morgan fingerprint density at radius 2 is 1.72 bits per heavy atom. The molecule has 0 bridgehead atoms. The number of pyridine rings is 1. The highest BCUT2D eigenvalue weighted by Crippen LogP contribution is 2.39. The van der Waals surface area contributed by atoms with E-state index in [0.717, 1.165) is 0 Å². The van der Waals surface area contributed by atoms with Gasteiger partial charge < -0.3 is 14.2 Å². The number of carbonyl (C=O) groups is 2. The Balaban J connectivity index is 2.32. The molecule has 3 aromatic rings. The van der Waals surface area contributed by atoms with Crippen molar-refractivity contribution in [3.63, 3.8) is 0 Å². The lowest BCUT2D eigenvalue weighted by atomic mass is 10.0. The molecule has 0 N–H and O–H groups in total. The fourth-order valence-electron chi connectivity index (χ4n) is 3.22. The van der Waals surface area contributed by atoms with Gasteiger partial charge in [0.2, 0.25) is 0 Å². The first-order chi connectivity index (χ1) is 15.4. The predicted octanol–water partition coefficient (Wildman–Crippen LogP) is 4.84. The first kappa shape index (κ1) is 23.5. The summed E-state index contributed by atoms with van der Waals surface area (Å²) in [7, 11) is 1.47. The van der Waals surface area contributed by atoms with Crippen LogP contribution in [0.4, 0.5) is 0 Å². The molecule has 0 saturated heterocycles. The predicted molar refractivity (Wildman–Crippen MR) is 119 cm³/mol. The number of ether oxygens (including phenoxy) is 3. The van der Waals surface area contributed by atoms with E-state index >= 15 is 0 Å². The maximum Gasteiger partial charge on any atom is 0.341 e. The zero-order valence-corrected chi connectivity index (χ0v) is 19.1. The van der Waals surface area contributed by atoms with Crippen molar-refractivity contribution in [2.45, 2.75) is 20.6 Å². The lowest BCUT2D eigenvalue weighted by Gasteiger charge is -2.13. The summed E-state index contributed by atoms with van der Waals surface area (Å²) in [6.07, 6.45) is 0. The monoisotopic (exact) mass is 475 g/mol. The van der Waals surface area contributed by atoms with Gasteiger partial charge in [0.1, 0.15) is 34.7 Å². The highest BCUT2D eigenvalue weighted by Gasteiger charge is 2.28.